The summed E-state index contributed by atoms with van der Waals surface area (Å²) in [5.41, 5.74) is 0.386. The SMILES string of the molecule is O=C(O)CCC1CCCN(CC(=O)Nc2ccccc2SC(F)F)C1. The highest BCUT2D eigenvalue weighted by Crippen LogP contribution is 2.31. The van der Waals surface area contributed by atoms with Crippen LogP contribution in [0.4, 0.5) is 14.5 Å². The second kappa shape index (κ2) is 9.72. The van der Waals surface area contributed by atoms with E-state index in [0.717, 1.165) is 19.4 Å². The van der Waals surface area contributed by atoms with E-state index in [1.165, 1.54) is 0 Å². The van der Waals surface area contributed by atoms with Crippen molar-refractivity contribution in [3.8, 4) is 0 Å². The molecule has 1 aliphatic rings. The molecular weight excluding hydrogens is 350 g/mol. The molecule has 1 aromatic rings. The lowest BCUT2D eigenvalue weighted by atomic mass is 9.93. The van der Waals surface area contributed by atoms with Gasteiger partial charge in [-0.3, -0.25) is 14.5 Å². The number of carbonyl (C=O) groups is 2. The van der Waals surface area contributed by atoms with E-state index in [4.69, 9.17) is 5.11 Å². The summed E-state index contributed by atoms with van der Waals surface area (Å²) in [4.78, 5) is 25.3. The maximum absolute atomic E-state index is 12.6. The Bertz CT molecular complexity index is 601. The number of nitrogens with zero attached hydrogens (tertiary/aromatic N) is 1. The van der Waals surface area contributed by atoms with E-state index in [0.29, 0.717) is 35.3 Å². The third-order valence-electron chi connectivity index (χ3n) is 4.11. The highest BCUT2D eigenvalue weighted by Gasteiger charge is 2.22. The number of piperidine rings is 1. The van der Waals surface area contributed by atoms with Crippen molar-refractivity contribution in [1.29, 1.82) is 0 Å². The minimum atomic E-state index is -2.55. The summed E-state index contributed by atoms with van der Waals surface area (Å²) in [6, 6.07) is 6.50. The van der Waals surface area contributed by atoms with Gasteiger partial charge >= 0.3 is 5.97 Å². The van der Waals surface area contributed by atoms with Gasteiger partial charge in [0.05, 0.1) is 12.2 Å². The zero-order valence-electron chi connectivity index (χ0n) is 13.8. The van der Waals surface area contributed by atoms with Crippen LogP contribution >= 0.6 is 11.8 Å². The fraction of sp³-hybridized carbons (Fsp3) is 0.529. The van der Waals surface area contributed by atoms with E-state index in [9.17, 15) is 18.4 Å². The van der Waals surface area contributed by atoms with Crippen LogP contribution in [0.3, 0.4) is 0 Å². The lowest BCUT2D eigenvalue weighted by Gasteiger charge is -2.32. The molecule has 1 saturated heterocycles. The number of aliphatic carboxylic acids is 1. The second-order valence-corrected chi connectivity index (χ2v) is 7.13. The number of anilines is 1. The zero-order valence-corrected chi connectivity index (χ0v) is 14.6. The summed E-state index contributed by atoms with van der Waals surface area (Å²) in [5.74, 6) is -3.32. The molecule has 0 saturated carbocycles. The van der Waals surface area contributed by atoms with Crippen LogP contribution < -0.4 is 5.32 Å². The standard InChI is InChI=1S/C17H22F2N2O3S/c18-17(19)25-14-6-2-1-5-13(14)20-15(22)11-21-9-3-4-12(10-21)7-8-16(23)24/h1-2,5-6,12,17H,3-4,7-11H2,(H,20,22)(H,23,24). The first-order valence-electron chi connectivity index (χ1n) is 8.22. The molecule has 8 heteroatoms. The molecule has 1 aromatic carbocycles. The highest BCUT2D eigenvalue weighted by atomic mass is 32.2. The van der Waals surface area contributed by atoms with Gasteiger partial charge in [-0.05, 0) is 43.9 Å². The van der Waals surface area contributed by atoms with Crippen molar-refractivity contribution in [2.45, 2.75) is 36.3 Å². The molecule has 1 fully saturated rings. The maximum atomic E-state index is 12.6. The van der Waals surface area contributed by atoms with Crippen molar-refractivity contribution in [3.63, 3.8) is 0 Å². The van der Waals surface area contributed by atoms with Crippen LogP contribution in [-0.4, -0.2) is 47.3 Å². The van der Waals surface area contributed by atoms with Crippen LogP contribution in [0.5, 0.6) is 0 Å². The third kappa shape index (κ3) is 6.99. The second-order valence-electron chi connectivity index (χ2n) is 6.10. The molecule has 0 spiro atoms. The number of halogens is 2. The number of likely N-dealkylation sites (tertiary alicyclic amines) is 1. The zero-order chi connectivity index (χ0) is 18.2. The largest absolute Gasteiger partial charge is 0.481 e. The normalized spacial score (nSPS) is 18.3. The Kier molecular flexibility index (Phi) is 7.64. The van der Waals surface area contributed by atoms with Crippen molar-refractivity contribution in [3.05, 3.63) is 24.3 Å². The lowest BCUT2D eigenvalue weighted by molar-refractivity contribution is -0.137. The third-order valence-corrected chi connectivity index (χ3v) is 4.90. The molecule has 1 heterocycles. The first kappa shape index (κ1) is 19.7. The minimum Gasteiger partial charge on any atom is -0.481 e. The summed E-state index contributed by atoms with van der Waals surface area (Å²) in [6.07, 6.45) is 2.65. The topological polar surface area (TPSA) is 69.6 Å². The number of hydrogen-bond donors (Lipinski definition) is 2. The average Bonchev–Trinajstić information content (AvgIpc) is 2.54. The van der Waals surface area contributed by atoms with Gasteiger partial charge in [0.1, 0.15) is 0 Å². The molecular formula is C17H22F2N2O3S. The van der Waals surface area contributed by atoms with E-state index >= 15 is 0 Å². The molecule has 1 amide bonds. The number of alkyl halides is 2. The number of benzene rings is 1. The monoisotopic (exact) mass is 372 g/mol. The smallest absolute Gasteiger partial charge is 0.303 e. The first-order chi connectivity index (χ1) is 11.9. The van der Waals surface area contributed by atoms with E-state index in [2.05, 4.69) is 5.32 Å². The number of hydrogen-bond acceptors (Lipinski definition) is 4. The predicted octanol–water partition coefficient (Wildman–Crippen LogP) is 3.52. The number of carbonyl (C=O) groups excluding carboxylic acids is 1. The number of amides is 1. The van der Waals surface area contributed by atoms with Gasteiger partial charge < -0.3 is 10.4 Å². The van der Waals surface area contributed by atoms with Crippen molar-refractivity contribution < 1.29 is 23.5 Å². The summed E-state index contributed by atoms with van der Waals surface area (Å²) in [6.45, 7) is 1.65. The van der Waals surface area contributed by atoms with Crippen LogP contribution in [-0.2, 0) is 9.59 Å². The lowest BCUT2D eigenvalue weighted by Crippen LogP contribution is -2.40. The molecule has 0 aliphatic carbocycles. The van der Waals surface area contributed by atoms with Gasteiger partial charge in [-0.2, -0.15) is 8.78 Å². The van der Waals surface area contributed by atoms with E-state index < -0.39 is 11.7 Å². The Labute approximate surface area is 149 Å². The number of para-hydroxylation sites is 1. The van der Waals surface area contributed by atoms with Gasteiger partial charge in [0.15, 0.2) is 0 Å². The predicted molar refractivity (Wildman–Crippen MR) is 93.0 cm³/mol. The van der Waals surface area contributed by atoms with Gasteiger partial charge in [0.25, 0.3) is 5.76 Å². The van der Waals surface area contributed by atoms with Crippen LogP contribution in [0, 0.1) is 5.92 Å². The number of nitrogens with one attached hydrogen (secondary N) is 1. The summed E-state index contributed by atoms with van der Waals surface area (Å²) >= 11 is 0.406. The van der Waals surface area contributed by atoms with Crippen molar-refractivity contribution in [2.75, 3.05) is 25.0 Å². The van der Waals surface area contributed by atoms with Crippen molar-refractivity contribution >= 4 is 29.3 Å². The Morgan fingerprint density at radius 2 is 2.12 bits per heavy atom. The van der Waals surface area contributed by atoms with Gasteiger partial charge in [-0.25, -0.2) is 0 Å². The number of carboxylic acid groups (broad SMARTS) is 1. The van der Waals surface area contributed by atoms with Crippen molar-refractivity contribution in [2.24, 2.45) is 5.92 Å². The minimum absolute atomic E-state index is 0.142. The Morgan fingerprint density at radius 1 is 1.36 bits per heavy atom. The van der Waals surface area contributed by atoms with E-state index in [1.54, 1.807) is 24.3 Å². The Hall–Kier alpha value is -1.67. The fourth-order valence-electron chi connectivity index (χ4n) is 3.02. The molecule has 1 unspecified atom stereocenters. The molecule has 2 rings (SSSR count). The molecule has 25 heavy (non-hydrogen) atoms. The van der Waals surface area contributed by atoms with Gasteiger partial charge in [0, 0.05) is 17.9 Å². The molecule has 5 nitrogen and oxygen atoms in total. The van der Waals surface area contributed by atoms with Gasteiger partial charge in [-0.15, -0.1) is 0 Å². The van der Waals surface area contributed by atoms with Gasteiger partial charge in [0.2, 0.25) is 5.91 Å². The number of rotatable bonds is 8. The van der Waals surface area contributed by atoms with Crippen molar-refractivity contribution in [1.82, 2.24) is 4.90 Å². The molecule has 1 aliphatic heterocycles. The Morgan fingerprint density at radius 3 is 2.84 bits per heavy atom. The quantitative estimate of drug-likeness (QED) is 0.684. The number of thioether (sulfide) groups is 1. The first-order valence-corrected chi connectivity index (χ1v) is 9.10. The average molecular weight is 372 g/mol. The highest BCUT2D eigenvalue weighted by molar-refractivity contribution is 7.99. The summed E-state index contributed by atoms with van der Waals surface area (Å²) in [7, 11) is 0. The van der Waals surface area contributed by atoms with E-state index in [-0.39, 0.29) is 24.8 Å². The Balaban J connectivity index is 1.86. The van der Waals surface area contributed by atoms with Crippen LogP contribution in [0.25, 0.3) is 0 Å². The van der Waals surface area contributed by atoms with Crippen LogP contribution in [0.15, 0.2) is 29.2 Å². The van der Waals surface area contributed by atoms with Crippen LogP contribution in [0.1, 0.15) is 25.7 Å². The molecule has 138 valence electrons. The maximum Gasteiger partial charge on any atom is 0.303 e. The summed E-state index contributed by atoms with van der Waals surface area (Å²) < 4.78 is 25.2. The number of carboxylic acids is 1. The molecule has 0 aromatic heterocycles. The van der Waals surface area contributed by atoms with Gasteiger partial charge in [-0.1, -0.05) is 23.9 Å². The molecule has 0 bridgehead atoms. The van der Waals surface area contributed by atoms with Crippen LogP contribution in [0.2, 0.25) is 0 Å². The fourth-order valence-corrected chi connectivity index (χ4v) is 3.61. The molecule has 1 atom stereocenters. The van der Waals surface area contributed by atoms with E-state index in [1.807, 2.05) is 4.90 Å². The molecule has 2 N–H and O–H groups in total. The molecule has 0 radical (unpaired) electrons. The summed E-state index contributed by atoms with van der Waals surface area (Å²) in [5, 5.41) is 11.5.